The Balaban J connectivity index is 1.46. The molecule has 0 bridgehead atoms. The predicted molar refractivity (Wildman–Crippen MR) is 105 cm³/mol. The van der Waals surface area contributed by atoms with Crippen LogP contribution in [0, 0.1) is 5.92 Å². The molecular formula is C20H24N6O3. The van der Waals surface area contributed by atoms with E-state index >= 15 is 0 Å². The lowest BCUT2D eigenvalue weighted by Crippen LogP contribution is -2.36. The number of nitrogens with zero attached hydrogens (tertiary/aromatic N) is 4. The van der Waals surface area contributed by atoms with Gasteiger partial charge in [-0.25, -0.2) is 0 Å². The van der Waals surface area contributed by atoms with Gasteiger partial charge in [-0.2, -0.15) is 10.1 Å². The summed E-state index contributed by atoms with van der Waals surface area (Å²) in [5.74, 6) is 1.29. The third-order valence-electron chi connectivity index (χ3n) is 5.22. The summed E-state index contributed by atoms with van der Waals surface area (Å²) in [4.78, 5) is 17.4. The average Bonchev–Trinajstić information content (AvgIpc) is 3.47. The Morgan fingerprint density at radius 3 is 2.97 bits per heavy atom. The number of amides is 1. The molecule has 2 aromatic heterocycles. The molecule has 9 nitrogen and oxygen atoms in total. The molecule has 1 aromatic carbocycles. The fourth-order valence-corrected chi connectivity index (χ4v) is 3.67. The topological polar surface area (TPSA) is 107 Å². The van der Waals surface area contributed by atoms with E-state index in [-0.39, 0.29) is 17.7 Å². The Hall–Kier alpha value is -3.20. The predicted octanol–water partition coefficient (Wildman–Crippen LogP) is 1.66. The maximum atomic E-state index is 12.9. The second-order valence-corrected chi connectivity index (χ2v) is 7.21. The zero-order valence-electron chi connectivity index (χ0n) is 16.6. The van der Waals surface area contributed by atoms with Gasteiger partial charge in [0.15, 0.2) is 0 Å². The lowest BCUT2D eigenvalue weighted by Gasteiger charge is -2.18. The van der Waals surface area contributed by atoms with Crippen LogP contribution in [0.3, 0.4) is 0 Å². The van der Waals surface area contributed by atoms with Crippen LogP contribution in [-0.4, -0.2) is 46.0 Å². The Kier molecular flexibility index (Phi) is 5.30. The highest BCUT2D eigenvalue weighted by Gasteiger charge is 2.35. The maximum Gasteiger partial charge on any atom is 0.249 e. The van der Waals surface area contributed by atoms with Crippen molar-refractivity contribution in [2.45, 2.75) is 18.9 Å². The summed E-state index contributed by atoms with van der Waals surface area (Å²) in [6.07, 6.45) is 3.78. The van der Waals surface area contributed by atoms with Crippen molar-refractivity contribution in [1.82, 2.24) is 30.6 Å². The Bertz CT molecular complexity index is 998. The molecule has 0 aliphatic carbocycles. The molecule has 29 heavy (non-hydrogen) atoms. The first kappa shape index (κ1) is 19.1. The molecule has 2 N–H and O–H groups in total. The van der Waals surface area contributed by atoms with Crippen molar-refractivity contribution in [3.8, 4) is 17.1 Å². The lowest BCUT2D eigenvalue weighted by atomic mass is 9.90. The van der Waals surface area contributed by atoms with E-state index in [1.54, 1.807) is 11.8 Å². The van der Waals surface area contributed by atoms with Gasteiger partial charge in [0.2, 0.25) is 17.6 Å². The molecule has 1 aliphatic heterocycles. The highest BCUT2D eigenvalue weighted by atomic mass is 16.5. The first-order chi connectivity index (χ1) is 14.1. The minimum atomic E-state index is -0.409. The van der Waals surface area contributed by atoms with Crippen LogP contribution < -0.4 is 15.4 Å². The number of hydrogen-bond acceptors (Lipinski definition) is 7. The van der Waals surface area contributed by atoms with Crippen LogP contribution in [0.2, 0.25) is 0 Å². The third kappa shape index (κ3) is 3.86. The molecule has 1 aliphatic rings. The number of rotatable bonds is 6. The molecule has 1 saturated heterocycles. The summed E-state index contributed by atoms with van der Waals surface area (Å²) in [5, 5.41) is 14.6. The summed E-state index contributed by atoms with van der Waals surface area (Å²) in [6.45, 7) is 3.20. The van der Waals surface area contributed by atoms with Crippen molar-refractivity contribution in [2.75, 3.05) is 20.2 Å². The molecule has 3 atom stereocenters. The van der Waals surface area contributed by atoms with E-state index in [1.165, 1.54) is 0 Å². The van der Waals surface area contributed by atoms with Gasteiger partial charge in [0.05, 0.1) is 24.8 Å². The van der Waals surface area contributed by atoms with Gasteiger partial charge in [-0.05, 0) is 24.6 Å². The third-order valence-corrected chi connectivity index (χ3v) is 5.22. The average molecular weight is 396 g/mol. The van der Waals surface area contributed by atoms with Gasteiger partial charge in [-0.15, -0.1) is 0 Å². The SMILES string of the molecule is COc1ccccc1-c1noc(C(C)NC(=O)[C@H]2CNC[C@@H]2c2cnn(C)c2)n1. The van der Waals surface area contributed by atoms with Gasteiger partial charge in [0, 0.05) is 32.3 Å². The van der Waals surface area contributed by atoms with Gasteiger partial charge in [0.25, 0.3) is 0 Å². The highest BCUT2D eigenvalue weighted by molar-refractivity contribution is 5.80. The smallest absolute Gasteiger partial charge is 0.249 e. The maximum absolute atomic E-state index is 12.9. The van der Waals surface area contributed by atoms with Crippen molar-refractivity contribution in [3.05, 3.63) is 48.1 Å². The molecule has 3 aromatic rings. The van der Waals surface area contributed by atoms with Crippen molar-refractivity contribution in [1.29, 1.82) is 0 Å². The summed E-state index contributed by atoms with van der Waals surface area (Å²) in [6, 6.07) is 7.04. The van der Waals surface area contributed by atoms with Gasteiger partial charge >= 0.3 is 0 Å². The first-order valence-corrected chi connectivity index (χ1v) is 9.53. The first-order valence-electron chi connectivity index (χ1n) is 9.53. The van der Waals surface area contributed by atoms with Gasteiger partial charge in [-0.1, -0.05) is 17.3 Å². The number of methoxy groups -OCH3 is 1. The molecule has 0 radical (unpaired) electrons. The molecule has 4 rings (SSSR count). The zero-order chi connectivity index (χ0) is 20.4. The molecule has 152 valence electrons. The number of carbonyl (C=O) groups excluding carboxylic acids is 1. The van der Waals surface area contributed by atoms with Gasteiger partial charge in [0.1, 0.15) is 11.8 Å². The zero-order valence-corrected chi connectivity index (χ0v) is 16.6. The second-order valence-electron chi connectivity index (χ2n) is 7.21. The van der Waals surface area contributed by atoms with Crippen LogP contribution in [-0.2, 0) is 11.8 Å². The van der Waals surface area contributed by atoms with Crippen LogP contribution in [0.15, 0.2) is 41.2 Å². The summed E-state index contributed by atoms with van der Waals surface area (Å²) in [7, 11) is 3.47. The minimum Gasteiger partial charge on any atom is -0.496 e. The van der Waals surface area contributed by atoms with E-state index in [4.69, 9.17) is 9.26 Å². The number of carbonyl (C=O) groups is 1. The van der Waals surface area contributed by atoms with E-state index in [9.17, 15) is 4.79 Å². The van der Waals surface area contributed by atoms with Gasteiger partial charge < -0.3 is 19.9 Å². The van der Waals surface area contributed by atoms with Crippen LogP contribution in [0.5, 0.6) is 5.75 Å². The van der Waals surface area contributed by atoms with E-state index in [1.807, 2.05) is 50.6 Å². The quantitative estimate of drug-likeness (QED) is 0.652. The van der Waals surface area contributed by atoms with E-state index < -0.39 is 6.04 Å². The van der Waals surface area contributed by atoms with Crippen LogP contribution in [0.1, 0.15) is 30.3 Å². The Morgan fingerprint density at radius 1 is 1.38 bits per heavy atom. The Labute approximate surface area is 168 Å². The van der Waals surface area contributed by atoms with Crippen LogP contribution >= 0.6 is 0 Å². The molecule has 0 spiro atoms. The molecule has 3 heterocycles. The van der Waals surface area contributed by atoms with Crippen LogP contribution in [0.25, 0.3) is 11.4 Å². The monoisotopic (exact) mass is 396 g/mol. The summed E-state index contributed by atoms with van der Waals surface area (Å²) < 4.78 is 12.5. The largest absolute Gasteiger partial charge is 0.496 e. The molecule has 0 saturated carbocycles. The standard InChI is InChI=1S/C20H24N6O3/c1-12(20-24-18(25-29-20)14-6-4-5-7-17(14)28-3)23-19(27)16-10-21-9-15(16)13-8-22-26(2)11-13/h4-8,11-12,15-16,21H,9-10H2,1-3H3,(H,23,27)/t12?,15-,16+/m1/s1. The minimum absolute atomic E-state index is 0.0478. The highest BCUT2D eigenvalue weighted by Crippen LogP contribution is 2.30. The normalized spacial score (nSPS) is 19.8. The van der Waals surface area contributed by atoms with Crippen LogP contribution in [0.4, 0.5) is 0 Å². The molecular weight excluding hydrogens is 372 g/mol. The number of para-hydroxylation sites is 1. The van der Waals surface area contributed by atoms with E-state index in [0.29, 0.717) is 24.0 Å². The van der Waals surface area contributed by atoms with Crippen molar-refractivity contribution >= 4 is 5.91 Å². The number of benzene rings is 1. The number of aryl methyl sites for hydroxylation is 1. The summed E-state index contributed by atoms with van der Waals surface area (Å²) >= 11 is 0. The molecule has 1 fully saturated rings. The van der Waals surface area contributed by atoms with E-state index in [2.05, 4.69) is 25.9 Å². The lowest BCUT2D eigenvalue weighted by molar-refractivity contribution is -0.125. The number of aromatic nitrogens is 4. The second kappa shape index (κ2) is 8.04. The molecule has 1 amide bonds. The van der Waals surface area contributed by atoms with Gasteiger partial charge in [-0.3, -0.25) is 9.48 Å². The number of hydrogen-bond donors (Lipinski definition) is 2. The summed E-state index contributed by atoms with van der Waals surface area (Å²) in [5.41, 5.74) is 1.79. The van der Waals surface area contributed by atoms with Crippen molar-refractivity contribution in [2.24, 2.45) is 13.0 Å². The van der Waals surface area contributed by atoms with Crippen molar-refractivity contribution in [3.63, 3.8) is 0 Å². The van der Waals surface area contributed by atoms with Crippen molar-refractivity contribution < 1.29 is 14.1 Å². The van der Waals surface area contributed by atoms with E-state index in [0.717, 1.165) is 17.7 Å². The fourth-order valence-electron chi connectivity index (χ4n) is 3.67. The molecule has 1 unspecified atom stereocenters. The number of nitrogens with one attached hydrogen (secondary N) is 2. The number of ether oxygens (including phenoxy) is 1. The Morgan fingerprint density at radius 2 is 2.21 bits per heavy atom. The molecule has 9 heteroatoms. The fraction of sp³-hybridized carbons (Fsp3) is 0.400.